The molecule has 12 heavy (non-hydrogen) atoms. The first kappa shape index (κ1) is 12.2. The molecule has 0 aliphatic carbocycles. The minimum Gasteiger partial charge on any atom is -0.316 e. The van der Waals surface area contributed by atoms with E-state index in [0.29, 0.717) is 5.41 Å². The summed E-state index contributed by atoms with van der Waals surface area (Å²) in [5.74, 6) is 1.49. The van der Waals surface area contributed by atoms with Crippen molar-refractivity contribution in [3.8, 4) is 0 Å². The fourth-order valence-corrected chi connectivity index (χ4v) is 1.56. The number of hydrogen-bond donors (Lipinski definition) is 1. The van der Waals surface area contributed by atoms with Crippen molar-refractivity contribution in [2.75, 3.05) is 19.0 Å². The van der Waals surface area contributed by atoms with Gasteiger partial charge in [0.05, 0.1) is 0 Å². The lowest BCUT2D eigenvalue weighted by molar-refractivity contribution is 0.323. The molecule has 0 bridgehead atoms. The highest BCUT2D eigenvalue weighted by atomic mass is 35.5. The van der Waals surface area contributed by atoms with E-state index >= 15 is 0 Å². The Morgan fingerprint density at radius 1 is 1.33 bits per heavy atom. The second-order valence-electron chi connectivity index (χ2n) is 4.63. The van der Waals surface area contributed by atoms with Gasteiger partial charge in [0.15, 0.2) is 0 Å². The molecule has 0 rings (SSSR count). The molecule has 0 amide bonds. The minimum atomic E-state index is 0.344. The monoisotopic (exact) mass is 191 g/mol. The van der Waals surface area contributed by atoms with Gasteiger partial charge in [-0.25, -0.2) is 0 Å². The second-order valence-corrected chi connectivity index (χ2v) is 5.01. The molecule has 0 saturated carbocycles. The summed E-state index contributed by atoms with van der Waals surface area (Å²) in [6.45, 7) is 11.1. The third-order valence-electron chi connectivity index (χ3n) is 1.93. The Labute approximate surface area is 81.9 Å². The SMILES string of the molecule is CC(C)CNCC(C)(C)CCCl. The van der Waals surface area contributed by atoms with Crippen molar-refractivity contribution in [1.82, 2.24) is 5.32 Å². The molecule has 0 unspecified atom stereocenters. The highest BCUT2D eigenvalue weighted by molar-refractivity contribution is 6.17. The zero-order valence-electron chi connectivity index (χ0n) is 8.78. The molecule has 0 aromatic heterocycles. The summed E-state index contributed by atoms with van der Waals surface area (Å²) < 4.78 is 0. The summed E-state index contributed by atoms with van der Waals surface area (Å²) in [5, 5.41) is 3.45. The average molecular weight is 192 g/mol. The van der Waals surface area contributed by atoms with Crippen molar-refractivity contribution in [2.45, 2.75) is 34.1 Å². The van der Waals surface area contributed by atoms with Crippen LogP contribution in [0.5, 0.6) is 0 Å². The van der Waals surface area contributed by atoms with E-state index in [0.717, 1.165) is 31.3 Å². The molecule has 0 aliphatic heterocycles. The largest absolute Gasteiger partial charge is 0.316 e. The third kappa shape index (κ3) is 6.93. The van der Waals surface area contributed by atoms with Crippen LogP contribution >= 0.6 is 11.6 Å². The molecular weight excluding hydrogens is 170 g/mol. The molecule has 0 saturated heterocycles. The van der Waals surface area contributed by atoms with Gasteiger partial charge in [-0.05, 0) is 24.3 Å². The highest BCUT2D eigenvalue weighted by Crippen LogP contribution is 2.19. The molecule has 0 heterocycles. The van der Waals surface area contributed by atoms with Crippen LogP contribution < -0.4 is 5.32 Å². The van der Waals surface area contributed by atoms with E-state index in [1.165, 1.54) is 0 Å². The van der Waals surface area contributed by atoms with Gasteiger partial charge in [0.25, 0.3) is 0 Å². The van der Waals surface area contributed by atoms with Crippen LogP contribution in [0.25, 0.3) is 0 Å². The Morgan fingerprint density at radius 3 is 2.33 bits per heavy atom. The average Bonchev–Trinajstić information content (AvgIpc) is 1.85. The maximum absolute atomic E-state index is 5.70. The number of rotatable bonds is 6. The van der Waals surface area contributed by atoms with Gasteiger partial charge >= 0.3 is 0 Å². The fraction of sp³-hybridized carbons (Fsp3) is 1.00. The Kier molecular flexibility index (Phi) is 5.94. The Hall–Kier alpha value is 0.250. The lowest BCUT2D eigenvalue weighted by Crippen LogP contribution is -2.32. The molecule has 2 heteroatoms. The number of nitrogens with one attached hydrogen (secondary N) is 1. The quantitative estimate of drug-likeness (QED) is 0.637. The van der Waals surface area contributed by atoms with Gasteiger partial charge in [-0.15, -0.1) is 11.6 Å². The van der Waals surface area contributed by atoms with Crippen LogP contribution in [0.3, 0.4) is 0 Å². The van der Waals surface area contributed by atoms with Crippen molar-refractivity contribution < 1.29 is 0 Å². The van der Waals surface area contributed by atoms with Crippen LogP contribution in [-0.4, -0.2) is 19.0 Å². The van der Waals surface area contributed by atoms with Gasteiger partial charge in [-0.1, -0.05) is 27.7 Å². The van der Waals surface area contributed by atoms with E-state index in [-0.39, 0.29) is 0 Å². The van der Waals surface area contributed by atoms with Crippen molar-refractivity contribution in [2.24, 2.45) is 11.3 Å². The predicted molar refractivity (Wildman–Crippen MR) is 56.8 cm³/mol. The number of alkyl halides is 1. The summed E-state index contributed by atoms with van der Waals surface area (Å²) >= 11 is 5.70. The van der Waals surface area contributed by atoms with E-state index in [1.807, 2.05) is 0 Å². The van der Waals surface area contributed by atoms with Crippen LogP contribution in [0.2, 0.25) is 0 Å². The zero-order valence-corrected chi connectivity index (χ0v) is 9.54. The van der Waals surface area contributed by atoms with Crippen LogP contribution in [0.15, 0.2) is 0 Å². The first-order valence-electron chi connectivity index (χ1n) is 4.74. The van der Waals surface area contributed by atoms with Crippen molar-refractivity contribution in [1.29, 1.82) is 0 Å². The summed E-state index contributed by atoms with van der Waals surface area (Å²) in [6.07, 6.45) is 1.08. The van der Waals surface area contributed by atoms with Crippen molar-refractivity contribution in [3.05, 3.63) is 0 Å². The van der Waals surface area contributed by atoms with Gasteiger partial charge < -0.3 is 5.32 Å². The summed E-state index contributed by atoms with van der Waals surface area (Å²) in [4.78, 5) is 0. The summed E-state index contributed by atoms with van der Waals surface area (Å²) in [6, 6.07) is 0. The second kappa shape index (κ2) is 5.82. The molecule has 0 fully saturated rings. The molecule has 0 aromatic rings. The highest BCUT2D eigenvalue weighted by Gasteiger charge is 2.15. The molecule has 1 nitrogen and oxygen atoms in total. The van der Waals surface area contributed by atoms with E-state index in [9.17, 15) is 0 Å². The maximum Gasteiger partial charge on any atom is 0.0229 e. The van der Waals surface area contributed by atoms with E-state index in [2.05, 4.69) is 33.0 Å². The summed E-state index contributed by atoms with van der Waals surface area (Å²) in [5.41, 5.74) is 0.344. The van der Waals surface area contributed by atoms with Crippen molar-refractivity contribution in [3.63, 3.8) is 0 Å². The summed E-state index contributed by atoms with van der Waals surface area (Å²) in [7, 11) is 0. The fourth-order valence-electron chi connectivity index (χ4n) is 1.04. The normalized spacial score (nSPS) is 12.5. The van der Waals surface area contributed by atoms with E-state index < -0.39 is 0 Å². The number of hydrogen-bond acceptors (Lipinski definition) is 1. The molecule has 0 aromatic carbocycles. The van der Waals surface area contributed by atoms with Crippen LogP contribution in [0.4, 0.5) is 0 Å². The molecule has 74 valence electrons. The minimum absolute atomic E-state index is 0.344. The maximum atomic E-state index is 5.70. The predicted octanol–water partition coefficient (Wildman–Crippen LogP) is 2.89. The lowest BCUT2D eigenvalue weighted by atomic mass is 9.90. The van der Waals surface area contributed by atoms with Gasteiger partial charge in [-0.3, -0.25) is 0 Å². The smallest absolute Gasteiger partial charge is 0.0229 e. The van der Waals surface area contributed by atoms with E-state index in [4.69, 9.17) is 11.6 Å². The Morgan fingerprint density at radius 2 is 1.92 bits per heavy atom. The zero-order chi connectivity index (χ0) is 9.61. The molecule has 1 N–H and O–H groups in total. The van der Waals surface area contributed by atoms with Crippen LogP contribution in [-0.2, 0) is 0 Å². The van der Waals surface area contributed by atoms with Crippen LogP contribution in [0.1, 0.15) is 34.1 Å². The van der Waals surface area contributed by atoms with E-state index in [1.54, 1.807) is 0 Å². The first-order chi connectivity index (χ1) is 5.48. The number of halogens is 1. The van der Waals surface area contributed by atoms with Crippen LogP contribution in [0, 0.1) is 11.3 Å². The van der Waals surface area contributed by atoms with Gasteiger partial charge in [0, 0.05) is 12.4 Å². The van der Waals surface area contributed by atoms with Gasteiger partial charge in [-0.2, -0.15) is 0 Å². The standard InChI is InChI=1S/C10H22ClN/c1-9(2)7-12-8-10(3,4)5-6-11/h9,12H,5-8H2,1-4H3. The topological polar surface area (TPSA) is 12.0 Å². The van der Waals surface area contributed by atoms with Gasteiger partial charge in [0.1, 0.15) is 0 Å². The Bertz CT molecular complexity index is 110. The lowest BCUT2D eigenvalue weighted by Gasteiger charge is -2.24. The third-order valence-corrected chi connectivity index (χ3v) is 2.12. The van der Waals surface area contributed by atoms with Gasteiger partial charge in [0.2, 0.25) is 0 Å². The molecule has 0 atom stereocenters. The molecule has 0 spiro atoms. The molecular formula is C10H22ClN. The first-order valence-corrected chi connectivity index (χ1v) is 5.28. The molecule has 0 radical (unpaired) electrons. The molecule has 0 aliphatic rings. The van der Waals surface area contributed by atoms with Crippen molar-refractivity contribution >= 4 is 11.6 Å². The Balaban J connectivity index is 3.46.